The van der Waals surface area contributed by atoms with E-state index >= 15 is 0 Å². The molecule has 0 spiro atoms. The fraction of sp³-hybridized carbons (Fsp3) is 0.375. The number of phenolic OH excluding ortho intramolecular Hbond substituents is 1. The van der Waals surface area contributed by atoms with Gasteiger partial charge in [-0.05, 0) is 24.3 Å². The zero-order valence-electron chi connectivity index (χ0n) is 15.0. The van der Waals surface area contributed by atoms with Gasteiger partial charge in [0.25, 0.3) is 20.9 Å². The molecule has 0 aliphatic carbocycles. The van der Waals surface area contributed by atoms with E-state index in [9.17, 15) is 23.1 Å². The van der Waals surface area contributed by atoms with Gasteiger partial charge in [-0.1, -0.05) is 16.1 Å². The zero-order chi connectivity index (χ0) is 20.6. The van der Waals surface area contributed by atoms with E-state index in [2.05, 4.69) is 10.6 Å². The van der Waals surface area contributed by atoms with Gasteiger partial charge in [0.1, 0.15) is 16.3 Å². The highest BCUT2D eigenvalue weighted by molar-refractivity contribution is 7.99. The number of hydroxylamine groups is 1. The van der Waals surface area contributed by atoms with Crippen molar-refractivity contribution in [3.05, 3.63) is 37.6 Å². The van der Waals surface area contributed by atoms with Crippen LogP contribution in [0.15, 0.2) is 26.6 Å². The van der Waals surface area contributed by atoms with Crippen molar-refractivity contribution in [1.29, 1.82) is 0 Å². The predicted molar refractivity (Wildman–Crippen MR) is 109 cm³/mol. The summed E-state index contributed by atoms with van der Waals surface area (Å²) in [5, 5.41) is 16.0. The Morgan fingerprint density at radius 1 is 1.29 bits per heavy atom. The minimum atomic E-state index is -4.25. The number of thioether (sulfide) groups is 1. The van der Waals surface area contributed by atoms with Gasteiger partial charge in [0.2, 0.25) is 0 Å². The van der Waals surface area contributed by atoms with Crippen LogP contribution in [0.1, 0.15) is 6.42 Å². The third-order valence-corrected chi connectivity index (χ3v) is 7.73. The van der Waals surface area contributed by atoms with Crippen LogP contribution in [0.3, 0.4) is 0 Å². The maximum atomic E-state index is 12.5. The molecule has 1 atom stereocenters. The van der Waals surface area contributed by atoms with E-state index in [1.807, 2.05) is 0 Å². The van der Waals surface area contributed by atoms with E-state index in [-0.39, 0.29) is 28.1 Å². The van der Waals surface area contributed by atoms with Gasteiger partial charge in [0.15, 0.2) is 5.75 Å². The first-order valence-electron chi connectivity index (χ1n) is 8.17. The number of phenols is 1. The first-order valence-corrected chi connectivity index (χ1v) is 11.1. The lowest BCUT2D eigenvalue weighted by Crippen LogP contribution is -2.39. The Bertz CT molecular complexity index is 1080. The highest BCUT2D eigenvalue weighted by Crippen LogP contribution is 2.40. The van der Waals surface area contributed by atoms with Crippen molar-refractivity contribution in [3.8, 4) is 5.75 Å². The van der Waals surface area contributed by atoms with E-state index in [4.69, 9.17) is 16.4 Å². The van der Waals surface area contributed by atoms with Gasteiger partial charge < -0.3 is 15.7 Å². The van der Waals surface area contributed by atoms with E-state index in [1.165, 1.54) is 12.1 Å². The zero-order valence-corrected chi connectivity index (χ0v) is 17.4. The second kappa shape index (κ2) is 7.91. The average Bonchev–Trinajstić information content (AvgIpc) is 3.18. The summed E-state index contributed by atoms with van der Waals surface area (Å²) in [6, 6.07) is 2.64. The normalized spacial score (nSPS) is 17.4. The number of rotatable bonds is 7. The predicted octanol–water partition coefficient (Wildman–Crippen LogP) is 1.48. The third kappa shape index (κ3) is 3.60. The molecule has 2 aromatic carbocycles. The van der Waals surface area contributed by atoms with Crippen molar-refractivity contribution >= 4 is 50.4 Å². The summed E-state index contributed by atoms with van der Waals surface area (Å²) in [6.45, 7) is 0. The molecule has 3 N–H and O–H groups in total. The first-order chi connectivity index (χ1) is 13.2. The number of halogens is 1. The minimum absolute atomic E-state index is 0.0250. The Hall–Kier alpha value is -1.79. The molecule has 1 saturated heterocycles. The quantitative estimate of drug-likeness (QED) is 0.328. The summed E-state index contributed by atoms with van der Waals surface area (Å²) in [7, 11) is -1.96. The number of sulfonamides is 1. The molecule has 1 aliphatic rings. The third-order valence-electron chi connectivity index (χ3n) is 4.39. The summed E-state index contributed by atoms with van der Waals surface area (Å²) >= 11 is 7.71. The second-order valence-electron chi connectivity index (χ2n) is 6.11. The lowest BCUT2D eigenvalue weighted by molar-refractivity contribution is -0.0259. The molecule has 9 nitrogen and oxygen atoms in total. The Morgan fingerprint density at radius 3 is 2.57 bits per heavy atom. The van der Waals surface area contributed by atoms with Gasteiger partial charge in [0, 0.05) is 18.8 Å². The van der Waals surface area contributed by atoms with Crippen LogP contribution < -0.4 is 21.5 Å². The maximum absolute atomic E-state index is 12.5. The molecule has 0 radical (unpaired) electrons. The van der Waals surface area contributed by atoms with E-state index in [0.717, 1.165) is 32.1 Å². The molecule has 1 fully saturated rings. The van der Waals surface area contributed by atoms with Crippen LogP contribution in [-0.4, -0.2) is 49.7 Å². The molecule has 28 heavy (non-hydrogen) atoms. The molecule has 12 heteroatoms. The monoisotopic (exact) mass is 447 g/mol. The Balaban J connectivity index is 1.97. The molecule has 2 aromatic rings. The highest BCUT2D eigenvalue weighted by Gasteiger charge is 2.31. The van der Waals surface area contributed by atoms with Crippen LogP contribution in [0.4, 0.5) is 17.1 Å². The average molecular weight is 448 g/mol. The summed E-state index contributed by atoms with van der Waals surface area (Å²) in [6.07, 6.45) is 0.862. The fourth-order valence-corrected chi connectivity index (χ4v) is 5.47. The maximum Gasteiger partial charge on any atom is 0.269 e. The smallest absolute Gasteiger partial charge is 0.269 e. The Labute approximate surface area is 170 Å². The molecule has 0 bridgehead atoms. The van der Waals surface area contributed by atoms with Gasteiger partial charge in [-0.15, -0.1) is 0 Å². The molecular weight excluding hydrogens is 430 g/mol. The molecule has 1 heterocycles. The lowest BCUT2D eigenvalue weighted by atomic mass is 10.1. The fourth-order valence-electron chi connectivity index (χ4n) is 2.76. The highest BCUT2D eigenvalue weighted by atomic mass is 35.5. The molecule has 1 aliphatic heterocycles. The standard InChI is InChI=1S/C16H18ClN3O6S2/c1-20(26-2)28(24,25)16-9(17)3-4-10(13(16)21)19-12-11(14(22)15(12)23)18-8-5-6-27-7-8/h3-4,8,18-19,21H,5-7H2,1-2H3/t8-/m1/s1. The van der Waals surface area contributed by atoms with Crippen LogP contribution in [0.25, 0.3) is 0 Å². The second-order valence-corrected chi connectivity index (χ2v) is 9.54. The molecular formula is C16H18ClN3O6S2. The van der Waals surface area contributed by atoms with Crippen molar-refractivity contribution in [2.45, 2.75) is 17.4 Å². The number of aromatic hydroxyl groups is 1. The Morgan fingerprint density at radius 2 is 1.96 bits per heavy atom. The van der Waals surface area contributed by atoms with Crippen LogP contribution in [0.2, 0.25) is 5.02 Å². The van der Waals surface area contributed by atoms with Gasteiger partial charge in [-0.2, -0.15) is 11.8 Å². The van der Waals surface area contributed by atoms with Crippen LogP contribution >= 0.6 is 23.4 Å². The van der Waals surface area contributed by atoms with Crippen molar-refractivity contribution in [1.82, 2.24) is 4.47 Å². The van der Waals surface area contributed by atoms with Gasteiger partial charge >= 0.3 is 0 Å². The largest absolute Gasteiger partial charge is 0.504 e. The topological polar surface area (TPSA) is 125 Å². The molecule has 152 valence electrons. The van der Waals surface area contributed by atoms with Gasteiger partial charge in [-0.3, -0.25) is 14.4 Å². The summed E-state index contributed by atoms with van der Waals surface area (Å²) in [4.78, 5) is 28.0. The summed E-state index contributed by atoms with van der Waals surface area (Å²) < 4.78 is 25.6. The van der Waals surface area contributed by atoms with Gasteiger partial charge in [-0.25, -0.2) is 8.42 Å². The number of hydrogen-bond acceptors (Lipinski definition) is 9. The molecule has 3 rings (SSSR count). The summed E-state index contributed by atoms with van der Waals surface area (Å²) in [5.74, 6) is 1.09. The minimum Gasteiger partial charge on any atom is -0.504 e. The van der Waals surface area contributed by atoms with E-state index in [1.54, 1.807) is 11.8 Å². The number of anilines is 3. The van der Waals surface area contributed by atoms with Crippen LogP contribution in [0.5, 0.6) is 5.75 Å². The number of benzene rings is 1. The van der Waals surface area contributed by atoms with Crippen molar-refractivity contribution in [2.24, 2.45) is 0 Å². The molecule has 0 saturated carbocycles. The van der Waals surface area contributed by atoms with Crippen LogP contribution in [-0.2, 0) is 14.9 Å². The summed E-state index contributed by atoms with van der Waals surface area (Å²) in [5.41, 5.74) is -1.38. The number of nitrogens with zero attached hydrogens (tertiary/aromatic N) is 1. The number of nitrogens with one attached hydrogen (secondary N) is 2. The van der Waals surface area contributed by atoms with Crippen molar-refractivity contribution in [3.63, 3.8) is 0 Å². The van der Waals surface area contributed by atoms with E-state index < -0.39 is 31.5 Å². The Kier molecular flexibility index (Phi) is 5.92. The van der Waals surface area contributed by atoms with E-state index in [0.29, 0.717) is 4.47 Å². The lowest BCUT2D eigenvalue weighted by Gasteiger charge is -2.20. The van der Waals surface area contributed by atoms with Crippen molar-refractivity contribution in [2.75, 3.05) is 36.3 Å². The molecule has 0 unspecified atom stereocenters. The molecule has 0 amide bonds. The van der Waals surface area contributed by atoms with Gasteiger partial charge in [0.05, 0.1) is 17.8 Å². The molecule has 0 aromatic heterocycles. The first kappa shape index (κ1) is 20.9. The van der Waals surface area contributed by atoms with Crippen molar-refractivity contribution < 1.29 is 18.4 Å². The SMILES string of the molecule is CON(C)S(=O)(=O)c1c(Cl)ccc(Nc2c(N[C@@H]3CCSC3)c(=O)c2=O)c1O. The van der Waals surface area contributed by atoms with Crippen LogP contribution in [0, 0.1) is 0 Å². The number of hydrogen-bond donors (Lipinski definition) is 3.